The molecule has 1 aromatic carbocycles. The molecule has 124 valence electrons. The molecule has 23 heavy (non-hydrogen) atoms. The molecule has 1 saturated heterocycles. The first-order valence-electron chi connectivity index (χ1n) is 8.46. The Bertz CT molecular complexity index is 729. The molecular weight excluding hydrogens is 288 g/mol. The van der Waals surface area contributed by atoms with Crippen LogP contribution in [-0.4, -0.2) is 52.3 Å². The number of fused-ring (bicyclic) bond motifs is 1. The second-order valence-electron chi connectivity index (χ2n) is 6.89. The summed E-state index contributed by atoms with van der Waals surface area (Å²) in [5, 5.41) is 6.23. The van der Waals surface area contributed by atoms with Gasteiger partial charge in [-0.05, 0) is 18.9 Å². The summed E-state index contributed by atoms with van der Waals surface area (Å²) in [5.74, 6) is 0.703. The lowest BCUT2D eigenvalue weighted by Gasteiger charge is -2.35. The van der Waals surface area contributed by atoms with E-state index in [4.69, 9.17) is 0 Å². The van der Waals surface area contributed by atoms with Gasteiger partial charge in [-0.15, -0.1) is 0 Å². The van der Waals surface area contributed by atoms with Crippen LogP contribution in [0.2, 0.25) is 0 Å². The largest absolute Gasteiger partial charge is 0.301 e. The second kappa shape index (κ2) is 6.81. The average Bonchev–Trinajstić information content (AvgIpc) is 2.54. The van der Waals surface area contributed by atoms with E-state index in [0.717, 1.165) is 49.2 Å². The molecule has 0 spiro atoms. The van der Waals surface area contributed by atoms with Crippen LogP contribution in [0.3, 0.4) is 0 Å². The first-order valence-corrected chi connectivity index (χ1v) is 8.46. The highest BCUT2D eigenvalue weighted by Gasteiger charge is 2.18. The predicted molar refractivity (Wildman–Crippen MR) is 93.6 cm³/mol. The van der Waals surface area contributed by atoms with Gasteiger partial charge in [0.1, 0.15) is 0 Å². The van der Waals surface area contributed by atoms with E-state index >= 15 is 0 Å². The van der Waals surface area contributed by atoms with Crippen LogP contribution in [-0.2, 0) is 6.67 Å². The highest BCUT2D eigenvalue weighted by Crippen LogP contribution is 2.12. The summed E-state index contributed by atoms with van der Waals surface area (Å²) in [4.78, 5) is 17.4. The van der Waals surface area contributed by atoms with E-state index in [1.54, 1.807) is 4.68 Å². The molecule has 3 rings (SSSR count). The minimum atomic E-state index is 0.0100. The van der Waals surface area contributed by atoms with Crippen molar-refractivity contribution in [3.8, 4) is 0 Å². The Morgan fingerprint density at radius 2 is 1.65 bits per heavy atom. The zero-order valence-electron chi connectivity index (χ0n) is 14.3. The highest BCUT2D eigenvalue weighted by atomic mass is 16.1. The third-order valence-corrected chi connectivity index (χ3v) is 4.47. The van der Waals surface area contributed by atoms with Crippen molar-refractivity contribution in [3.63, 3.8) is 0 Å². The molecule has 0 amide bonds. The Labute approximate surface area is 137 Å². The molecule has 0 saturated carbocycles. The van der Waals surface area contributed by atoms with Gasteiger partial charge in [-0.2, -0.15) is 5.10 Å². The van der Waals surface area contributed by atoms with Crippen molar-refractivity contribution in [2.24, 2.45) is 5.92 Å². The van der Waals surface area contributed by atoms with Crippen LogP contribution in [0, 0.1) is 12.8 Å². The first-order chi connectivity index (χ1) is 11.0. The smallest absolute Gasteiger partial charge is 0.275 e. The fraction of sp³-hybridized carbons (Fsp3) is 0.556. The molecule has 2 aromatic rings. The van der Waals surface area contributed by atoms with Crippen LogP contribution in [0.1, 0.15) is 19.5 Å². The first kappa shape index (κ1) is 16.1. The number of piperazine rings is 1. The monoisotopic (exact) mass is 314 g/mol. The minimum Gasteiger partial charge on any atom is -0.301 e. The lowest BCUT2D eigenvalue weighted by atomic mass is 10.1. The van der Waals surface area contributed by atoms with Gasteiger partial charge in [-0.25, -0.2) is 4.68 Å². The van der Waals surface area contributed by atoms with Gasteiger partial charge < -0.3 is 4.90 Å². The molecule has 0 unspecified atom stereocenters. The Kier molecular flexibility index (Phi) is 4.78. The number of rotatable bonds is 4. The third-order valence-electron chi connectivity index (χ3n) is 4.47. The molecule has 1 aliphatic heterocycles. The van der Waals surface area contributed by atoms with Crippen molar-refractivity contribution in [2.45, 2.75) is 27.4 Å². The van der Waals surface area contributed by atoms with Crippen molar-refractivity contribution < 1.29 is 0 Å². The van der Waals surface area contributed by atoms with Gasteiger partial charge in [0.2, 0.25) is 0 Å². The average molecular weight is 314 g/mol. The lowest BCUT2D eigenvalue weighted by Crippen LogP contribution is -2.48. The molecule has 0 bridgehead atoms. The molecular formula is C18H26N4O. The van der Waals surface area contributed by atoms with E-state index in [2.05, 4.69) is 28.7 Å². The normalized spacial score (nSPS) is 17.2. The van der Waals surface area contributed by atoms with Crippen molar-refractivity contribution in [1.82, 2.24) is 19.6 Å². The summed E-state index contributed by atoms with van der Waals surface area (Å²) in [7, 11) is 0. The Balaban J connectivity index is 1.73. The van der Waals surface area contributed by atoms with Crippen LogP contribution < -0.4 is 5.56 Å². The number of aryl methyl sites for hydroxylation is 1. The summed E-state index contributed by atoms with van der Waals surface area (Å²) in [6, 6.07) is 7.73. The van der Waals surface area contributed by atoms with E-state index in [9.17, 15) is 4.79 Å². The molecule has 5 nitrogen and oxygen atoms in total. The maximum Gasteiger partial charge on any atom is 0.275 e. The molecule has 0 atom stereocenters. The fourth-order valence-electron chi connectivity index (χ4n) is 3.32. The Morgan fingerprint density at radius 3 is 2.30 bits per heavy atom. The van der Waals surface area contributed by atoms with Crippen LogP contribution in [0.4, 0.5) is 0 Å². The van der Waals surface area contributed by atoms with Gasteiger partial charge >= 0.3 is 0 Å². The van der Waals surface area contributed by atoms with E-state index in [0.29, 0.717) is 12.6 Å². The third kappa shape index (κ3) is 3.62. The SMILES string of the molecule is Cc1nn(CN2CCN(CC(C)C)CC2)c(=O)c2ccccc12. The van der Waals surface area contributed by atoms with Gasteiger partial charge in [0.25, 0.3) is 5.56 Å². The van der Waals surface area contributed by atoms with Gasteiger partial charge in [0.05, 0.1) is 17.7 Å². The summed E-state index contributed by atoms with van der Waals surface area (Å²) >= 11 is 0. The molecule has 0 radical (unpaired) electrons. The van der Waals surface area contributed by atoms with Crippen molar-refractivity contribution >= 4 is 10.8 Å². The zero-order chi connectivity index (χ0) is 16.4. The molecule has 1 aromatic heterocycles. The summed E-state index contributed by atoms with van der Waals surface area (Å²) < 4.78 is 1.62. The number of nitrogens with zero attached hydrogens (tertiary/aromatic N) is 4. The van der Waals surface area contributed by atoms with E-state index in [-0.39, 0.29) is 5.56 Å². The molecule has 2 heterocycles. The molecule has 0 aliphatic carbocycles. The Hall–Kier alpha value is -1.72. The second-order valence-corrected chi connectivity index (χ2v) is 6.89. The number of hydrogen-bond donors (Lipinski definition) is 0. The van der Waals surface area contributed by atoms with Gasteiger partial charge in [-0.1, -0.05) is 32.0 Å². The van der Waals surface area contributed by atoms with Crippen LogP contribution in [0.5, 0.6) is 0 Å². The summed E-state index contributed by atoms with van der Waals surface area (Å²) in [5.41, 5.74) is 0.925. The molecule has 1 aliphatic rings. The van der Waals surface area contributed by atoms with E-state index in [1.165, 1.54) is 0 Å². The fourth-order valence-corrected chi connectivity index (χ4v) is 3.32. The van der Waals surface area contributed by atoms with Gasteiger partial charge in [-0.3, -0.25) is 9.69 Å². The van der Waals surface area contributed by atoms with E-state index < -0.39 is 0 Å². The summed E-state index contributed by atoms with van der Waals surface area (Å²) in [6.45, 7) is 12.3. The number of hydrogen-bond acceptors (Lipinski definition) is 4. The van der Waals surface area contributed by atoms with Crippen molar-refractivity contribution in [3.05, 3.63) is 40.3 Å². The van der Waals surface area contributed by atoms with E-state index in [1.807, 2.05) is 31.2 Å². The quantitative estimate of drug-likeness (QED) is 0.865. The highest BCUT2D eigenvalue weighted by molar-refractivity contribution is 5.83. The topological polar surface area (TPSA) is 41.4 Å². The standard InChI is InChI=1S/C18H26N4O/c1-14(2)12-20-8-10-21(11-9-20)13-22-18(23)17-7-5-4-6-16(17)15(3)19-22/h4-7,14H,8-13H2,1-3H3. The zero-order valence-corrected chi connectivity index (χ0v) is 14.3. The predicted octanol–water partition coefficient (Wildman–Crippen LogP) is 1.94. The molecule has 5 heteroatoms. The minimum absolute atomic E-state index is 0.0100. The maximum atomic E-state index is 12.6. The van der Waals surface area contributed by atoms with Crippen molar-refractivity contribution in [2.75, 3.05) is 32.7 Å². The lowest BCUT2D eigenvalue weighted by molar-refractivity contribution is 0.0940. The van der Waals surface area contributed by atoms with Gasteiger partial charge in [0.15, 0.2) is 0 Å². The van der Waals surface area contributed by atoms with Crippen LogP contribution in [0.15, 0.2) is 29.1 Å². The van der Waals surface area contributed by atoms with Crippen LogP contribution >= 0.6 is 0 Å². The number of benzene rings is 1. The maximum absolute atomic E-state index is 12.6. The number of aromatic nitrogens is 2. The van der Waals surface area contributed by atoms with Crippen molar-refractivity contribution in [1.29, 1.82) is 0 Å². The van der Waals surface area contributed by atoms with Gasteiger partial charge in [0, 0.05) is 38.1 Å². The summed E-state index contributed by atoms with van der Waals surface area (Å²) in [6.07, 6.45) is 0. The molecule has 1 fully saturated rings. The Morgan fingerprint density at radius 1 is 1.04 bits per heavy atom. The molecule has 0 N–H and O–H groups in total. The van der Waals surface area contributed by atoms with Crippen LogP contribution in [0.25, 0.3) is 10.8 Å².